The largest absolute Gasteiger partial charge is 0.296 e. The zero-order valence-corrected chi connectivity index (χ0v) is 10.7. The third kappa shape index (κ3) is 2.49. The Hall–Kier alpha value is -0.970. The van der Waals surface area contributed by atoms with Gasteiger partial charge in [0.15, 0.2) is 0 Å². The van der Waals surface area contributed by atoms with Crippen molar-refractivity contribution in [3.63, 3.8) is 0 Å². The quantitative estimate of drug-likeness (QED) is 0.612. The van der Waals surface area contributed by atoms with E-state index in [-0.39, 0.29) is 11.6 Å². The molecule has 0 aromatic carbocycles. The Kier molecular flexibility index (Phi) is 3.76. The fraction of sp³-hybridized carbons (Fsp3) is 0.615. The molecule has 94 valence electrons. The Morgan fingerprint density at radius 3 is 2.65 bits per heavy atom. The molecule has 1 unspecified atom stereocenters. The number of pyridine rings is 1. The minimum absolute atomic E-state index is 0.00822. The lowest BCUT2D eigenvalue weighted by Gasteiger charge is -2.41. The number of hydrogen-bond donors (Lipinski definition) is 2. The van der Waals surface area contributed by atoms with Crippen LogP contribution in [0.2, 0.25) is 0 Å². The van der Waals surface area contributed by atoms with Crippen LogP contribution in [-0.4, -0.2) is 28.5 Å². The van der Waals surface area contributed by atoms with Crippen molar-refractivity contribution in [2.45, 2.75) is 38.3 Å². The molecule has 0 bridgehead atoms. The van der Waals surface area contributed by atoms with Crippen molar-refractivity contribution in [3.8, 4) is 0 Å². The van der Waals surface area contributed by atoms with Crippen molar-refractivity contribution >= 4 is 0 Å². The van der Waals surface area contributed by atoms with Crippen LogP contribution < -0.4 is 11.3 Å². The second-order valence-corrected chi connectivity index (χ2v) is 5.23. The van der Waals surface area contributed by atoms with Crippen LogP contribution in [0.25, 0.3) is 0 Å². The maximum atomic E-state index is 5.75. The maximum Gasteiger partial charge on any atom is 0.0653 e. The van der Waals surface area contributed by atoms with Gasteiger partial charge < -0.3 is 0 Å². The van der Waals surface area contributed by atoms with E-state index in [1.807, 2.05) is 12.3 Å². The zero-order chi connectivity index (χ0) is 12.3. The molecule has 1 aliphatic heterocycles. The first-order valence-electron chi connectivity index (χ1n) is 6.27. The van der Waals surface area contributed by atoms with Gasteiger partial charge >= 0.3 is 0 Å². The van der Waals surface area contributed by atoms with Crippen molar-refractivity contribution in [2.24, 2.45) is 5.84 Å². The standard InChI is InChI=1S/C13H22N4/c1-13(2,17-8-3-4-9-17)12(16-14)11-6-5-7-15-10-11/h5-7,10,12,16H,3-4,8-9,14H2,1-2H3. The minimum Gasteiger partial charge on any atom is -0.296 e. The summed E-state index contributed by atoms with van der Waals surface area (Å²) in [6.07, 6.45) is 6.25. The SMILES string of the molecule is CC(C)(C(NN)c1cccnc1)N1CCCC1. The Morgan fingerprint density at radius 2 is 2.12 bits per heavy atom. The number of nitrogens with zero attached hydrogens (tertiary/aromatic N) is 2. The van der Waals surface area contributed by atoms with Gasteiger partial charge in [-0.25, -0.2) is 0 Å². The highest BCUT2D eigenvalue weighted by atomic mass is 15.3. The summed E-state index contributed by atoms with van der Waals surface area (Å²) < 4.78 is 0. The first kappa shape index (κ1) is 12.5. The van der Waals surface area contributed by atoms with E-state index in [9.17, 15) is 0 Å². The number of hydrazine groups is 1. The molecular formula is C13H22N4. The molecular weight excluding hydrogens is 212 g/mol. The molecule has 0 amide bonds. The molecule has 2 rings (SSSR count). The molecule has 2 heterocycles. The first-order chi connectivity index (χ1) is 8.16. The van der Waals surface area contributed by atoms with Gasteiger partial charge in [0.1, 0.15) is 0 Å². The Balaban J connectivity index is 2.22. The Labute approximate surface area is 103 Å². The van der Waals surface area contributed by atoms with Gasteiger partial charge in [-0.05, 0) is 51.4 Å². The molecule has 0 radical (unpaired) electrons. The van der Waals surface area contributed by atoms with Crippen molar-refractivity contribution < 1.29 is 0 Å². The maximum absolute atomic E-state index is 5.75. The first-order valence-corrected chi connectivity index (χ1v) is 6.27. The molecule has 4 heteroatoms. The number of nitrogens with two attached hydrogens (primary N) is 1. The van der Waals surface area contributed by atoms with Gasteiger partial charge in [0.25, 0.3) is 0 Å². The number of nitrogens with one attached hydrogen (secondary N) is 1. The fourth-order valence-corrected chi connectivity index (χ4v) is 2.73. The van der Waals surface area contributed by atoms with E-state index in [4.69, 9.17) is 5.84 Å². The predicted octanol–water partition coefficient (Wildman–Crippen LogP) is 1.46. The van der Waals surface area contributed by atoms with Crippen LogP contribution >= 0.6 is 0 Å². The summed E-state index contributed by atoms with van der Waals surface area (Å²) in [5, 5.41) is 0. The Morgan fingerprint density at radius 1 is 1.41 bits per heavy atom. The van der Waals surface area contributed by atoms with E-state index in [0.29, 0.717) is 0 Å². The molecule has 1 fully saturated rings. The second-order valence-electron chi connectivity index (χ2n) is 5.23. The highest BCUT2D eigenvalue weighted by Gasteiger charge is 2.37. The molecule has 1 saturated heterocycles. The van der Waals surface area contributed by atoms with E-state index in [1.165, 1.54) is 12.8 Å². The van der Waals surface area contributed by atoms with Gasteiger partial charge in [-0.2, -0.15) is 0 Å². The number of aromatic nitrogens is 1. The lowest BCUT2D eigenvalue weighted by molar-refractivity contribution is 0.107. The summed E-state index contributed by atoms with van der Waals surface area (Å²) in [6.45, 7) is 6.81. The van der Waals surface area contributed by atoms with Gasteiger partial charge in [0, 0.05) is 17.9 Å². The number of likely N-dealkylation sites (tertiary alicyclic amines) is 1. The van der Waals surface area contributed by atoms with E-state index < -0.39 is 0 Å². The predicted molar refractivity (Wildman–Crippen MR) is 69.2 cm³/mol. The molecule has 0 aliphatic carbocycles. The molecule has 1 atom stereocenters. The molecule has 1 aliphatic rings. The zero-order valence-electron chi connectivity index (χ0n) is 10.7. The van der Waals surface area contributed by atoms with Gasteiger partial charge in [0.2, 0.25) is 0 Å². The van der Waals surface area contributed by atoms with Crippen LogP contribution in [0.1, 0.15) is 38.3 Å². The van der Waals surface area contributed by atoms with E-state index in [2.05, 4.69) is 35.2 Å². The average molecular weight is 234 g/mol. The number of rotatable bonds is 4. The van der Waals surface area contributed by atoms with Crippen molar-refractivity contribution in [1.82, 2.24) is 15.3 Å². The summed E-state index contributed by atoms with van der Waals surface area (Å²) in [7, 11) is 0. The van der Waals surface area contributed by atoms with Crippen molar-refractivity contribution in [1.29, 1.82) is 0 Å². The highest BCUT2D eigenvalue weighted by molar-refractivity contribution is 5.18. The summed E-state index contributed by atoms with van der Waals surface area (Å²) in [5.41, 5.74) is 4.11. The third-order valence-corrected chi connectivity index (χ3v) is 3.81. The molecule has 17 heavy (non-hydrogen) atoms. The van der Waals surface area contributed by atoms with Crippen LogP contribution in [0.3, 0.4) is 0 Å². The van der Waals surface area contributed by atoms with Crippen molar-refractivity contribution in [2.75, 3.05) is 13.1 Å². The fourth-order valence-electron chi connectivity index (χ4n) is 2.73. The molecule has 4 nitrogen and oxygen atoms in total. The molecule has 1 aromatic heterocycles. The van der Waals surface area contributed by atoms with E-state index in [0.717, 1.165) is 18.7 Å². The average Bonchev–Trinajstić information content (AvgIpc) is 2.85. The van der Waals surface area contributed by atoms with Crippen LogP contribution in [-0.2, 0) is 0 Å². The highest BCUT2D eigenvalue weighted by Crippen LogP contribution is 2.32. The van der Waals surface area contributed by atoms with Crippen LogP contribution in [0.4, 0.5) is 0 Å². The van der Waals surface area contributed by atoms with E-state index in [1.54, 1.807) is 6.20 Å². The minimum atomic E-state index is 0.00822. The van der Waals surface area contributed by atoms with Crippen molar-refractivity contribution in [3.05, 3.63) is 30.1 Å². The van der Waals surface area contributed by atoms with Crippen LogP contribution in [0, 0.1) is 0 Å². The molecule has 3 N–H and O–H groups in total. The van der Waals surface area contributed by atoms with E-state index >= 15 is 0 Å². The van der Waals surface area contributed by atoms with Gasteiger partial charge in [-0.3, -0.25) is 21.2 Å². The summed E-state index contributed by atoms with van der Waals surface area (Å²) >= 11 is 0. The molecule has 0 saturated carbocycles. The van der Waals surface area contributed by atoms with Gasteiger partial charge in [-0.1, -0.05) is 6.07 Å². The van der Waals surface area contributed by atoms with Crippen LogP contribution in [0.15, 0.2) is 24.5 Å². The summed E-state index contributed by atoms with van der Waals surface area (Å²) in [6, 6.07) is 4.14. The number of hydrogen-bond acceptors (Lipinski definition) is 4. The summed E-state index contributed by atoms with van der Waals surface area (Å²) in [4.78, 5) is 6.68. The molecule has 0 spiro atoms. The normalized spacial score (nSPS) is 19.5. The van der Waals surface area contributed by atoms with Crippen LogP contribution in [0.5, 0.6) is 0 Å². The van der Waals surface area contributed by atoms with Gasteiger partial charge in [0.05, 0.1) is 6.04 Å². The topological polar surface area (TPSA) is 54.2 Å². The van der Waals surface area contributed by atoms with Gasteiger partial charge in [-0.15, -0.1) is 0 Å². The Bertz CT molecular complexity index is 344. The second kappa shape index (κ2) is 5.12. The third-order valence-electron chi connectivity index (χ3n) is 3.81. The summed E-state index contributed by atoms with van der Waals surface area (Å²) in [5.74, 6) is 5.75. The molecule has 1 aromatic rings. The lowest BCUT2D eigenvalue weighted by atomic mass is 9.88. The monoisotopic (exact) mass is 234 g/mol. The lowest BCUT2D eigenvalue weighted by Crippen LogP contribution is -2.53. The smallest absolute Gasteiger partial charge is 0.0653 e.